The molecule has 0 radical (unpaired) electrons. The summed E-state index contributed by atoms with van der Waals surface area (Å²) in [5, 5.41) is 11.2. The Balaban J connectivity index is 4.39. The molecule has 0 aliphatic rings. The lowest BCUT2D eigenvalue weighted by atomic mass is 10.5. The monoisotopic (exact) mass is 188 g/mol. The lowest BCUT2D eigenvalue weighted by molar-refractivity contribution is 0.608. The van der Waals surface area contributed by atoms with Crippen LogP contribution in [0.25, 0.3) is 0 Å². The summed E-state index contributed by atoms with van der Waals surface area (Å²) in [7, 11) is -3.36. The first-order chi connectivity index (χ1) is 5.52. The molecule has 0 saturated carbocycles. The van der Waals surface area contributed by atoms with E-state index in [1.807, 2.05) is 6.92 Å². The zero-order valence-electron chi connectivity index (χ0n) is 7.16. The molecule has 0 amide bonds. The van der Waals surface area contributed by atoms with E-state index < -0.39 is 9.84 Å². The Kier molecular flexibility index (Phi) is 4.37. The number of nitrogens with zero attached hydrogens (tertiary/aromatic N) is 1. The summed E-state index contributed by atoms with van der Waals surface area (Å²) in [6.45, 7) is 2.62. The Bertz CT molecular complexity index is 298. The predicted molar refractivity (Wildman–Crippen MR) is 46.8 cm³/mol. The van der Waals surface area contributed by atoms with Gasteiger partial charge in [-0.15, -0.1) is 0 Å². The average Bonchev–Trinajstić information content (AvgIpc) is 1.95. The van der Waals surface area contributed by atoms with Gasteiger partial charge in [-0.1, -0.05) is 6.92 Å². The normalized spacial score (nSPS) is 12.2. The smallest absolute Gasteiger partial charge is 0.186 e. The number of rotatable bonds is 4. The third-order valence-electron chi connectivity index (χ3n) is 1.14. The van der Waals surface area contributed by atoms with Crippen LogP contribution < -0.4 is 5.32 Å². The van der Waals surface area contributed by atoms with Crippen molar-refractivity contribution >= 4 is 9.84 Å². The second-order valence-electron chi connectivity index (χ2n) is 2.35. The molecule has 0 aromatic carbocycles. The van der Waals surface area contributed by atoms with E-state index in [1.54, 1.807) is 6.07 Å². The minimum Gasteiger partial charge on any atom is -0.389 e. The largest absolute Gasteiger partial charge is 0.389 e. The van der Waals surface area contributed by atoms with Crippen LogP contribution in [0.5, 0.6) is 0 Å². The highest BCUT2D eigenvalue weighted by molar-refractivity contribution is 7.94. The van der Waals surface area contributed by atoms with Crippen LogP contribution in [-0.2, 0) is 9.84 Å². The maximum Gasteiger partial charge on any atom is 0.186 e. The Morgan fingerprint density at radius 2 is 2.25 bits per heavy atom. The molecule has 1 N–H and O–H groups in total. The van der Waals surface area contributed by atoms with Gasteiger partial charge in [-0.05, 0) is 6.42 Å². The van der Waals surface area contributed by atoms with E-state index in [0.29, 0.717) is 6.54 Å². The molecular weight excluding hydrogens is 176 g/mol. The Hall–Kier alpha value is -1.02. The molecule has 0 fully saturated rings. The highest BCUT2D eigenvalue weighted by atomic mass is 32.2. The van der Waals surface area contributed by atoms with Gasteiger partial charge in [0.2, 0.25) is 0 Å². The standard InChI is InChI=1S/C7H12N2O2S/c1-3-4-9-6-7(5-8)12(2,10)11/h6,9H,3-4H2,1-2H3/b7-6+. The molecule has 0 heterocycles. The molecule has 0 saturated heterocycles. The van der Waals surface area contributed by atoms with Crippen LogP contribution in [0.4, 0.5) is 0 Å². The van der Waals surface area contributed by atoms with E-state index in [-0.39, 0.29) is 4.91 Å². The number of nitriles is 1. The maximum atomic E-state index is 10.8. The SMILES string of the molecule is CCCN/C=C(\C#N)S(C)(=O)=O. The number of nitrogens with one attached hydrogen (secondary N) is 1. The molecule has 0 aliphatic heterocycles. The van der Waals surface area contributed by atoms with Crippen LogP contribution in [0.1, 0.15) is 13.3 Å². The van der Waals surface area contributed by atoms with E-state index in [4.69, 9.17) is 5.26 Å². The van der Waals surface area contributed by atoms with Crippen LogP contribution in [0.15, 0.2) is 11.1 Å². The first kappa shape index (κ1) is 11.0. The molecular formula is C7H12N2O2S. The summed E-state index contributed by atoms with van der Waals surface area (Å²) in [6, 6.07) is 1.61. The van der Waals surface area contributed by atoms with Crippen molar-refractivity contribution in [1.82, 2.24) is 5.32 Å². The molecule has 0 unspecified atom stereocenters. The van der Waals surface area contributed by atoms with Crippen LogP contribution in [-0.4, -0.2) is 21.2 Å². The number of allylic oxidation sites excluding steroid dienone is 1. The van der Waals surface area contributed by atoms with Crippen molar-refractivity contribution in [1.29, 1.82) is 5.26 Å². The summed E-state index contributed by atoms with van der Waals surface area (Å²) in [6.07, 6.45) is 3.13. The molecule has 0 bridgehead atoms. The quantitative estimate of drug-likeness (QED) is 0.512. The van der Waals surface area contributed by atoms with Crippen molar-refractivity contribution in [2.75, 3.05) is 12.8 Å². The summed E-state index contributed by atoms with van der Waals surface area (Å²) in [4.78, 5) is -0.226. The third-order valence-corrected chi connectivity index (χ3v) is 2.15. The minimum absolute atomic E-state index is 0.226. The van der Waals surface area contributed by atoms with Crippen LogP contribution in [0.3, 0.4) is 0 Å². The second kappa shape index (κ2) is 4.78. The molecule has 5 heteroatoms. The number of hydrogen-bond donors (Lipinski definition) is 1. The van der Waals surface area contributed by atoms with Gasteiger partial charge in [0.15, 0.2) is 14.7 Å². The lowest BCUT2D eigenvalue weighted by Crippen LogP contribution is -2.09. The molecule has 0 atom stereocenters. The zero-order valence-corrected chi connectivity index (χ0v) is 7.98. The van der Waals surface area contributed by atoms with E-state index >= 15 is 0 Å². The summed E-state index contributed by atoms with van der Waals surface area (Å²) < 4.78 is 21.7. The van der Waals surface area contributed by atoms with E-state index in [1.165, 1.54) is 6.20 Å². The van der Waals surface area contributed by atoms with Crippen molar-refractivity contribution in [3.8, 4) is 6.07 Å². The van der Waals surface area contributed by atoms with Gasteiger partial charge in [0.1, 0.15) is 6.07 Å². The van der Waals surface area contributed by atoms with Gasteiger partial charge < -0.3 is 5.32 Å². The first-order valence-electron chi connectivity index (χ1n) is 3.56. The molecule has 4 nitrogen and oxygen atoms in total. The van der Waals surface area contributed by atoms with E-state index in [0.717, 1.165) is 12.7 Å². The highest BCUT2D eigenvalue weighted by Crippen LogP contribution is 1.99. The summed E-state index contributed by atoms with van der Waals surface area (Å²) in [5.74, 6) is 0. The van der Waals surface area contributed by atoms with Gasteiger partial charge in [0.05, 0.1) is 0 Å². The van der Waals surface area contributed by atoms with Crippen molar-refractivity contribution in [2.24, 2.45) is 0 Å². The predicted octanol–water partition coefficient (Wildman–Crippen LogP) is 0.396. The van der Waals surface area contributed by atoms with Gasteiger partial charge in [0.25, 0.3) is 0 Å². The van der Waals surface area contributed by atoms with Crippen LogP contribution in [0, 0.1) is 11.3 Å². The third kappa shape index (κ3) is 3.98. The van der Waals surface area contributed by atoms with Gasteiger partial charge in [-0.3, -0.25) is 0 Å². The average molecular weight is 188 g/mol. The van der Waals surface area contributed by atoms with E-state index in [2.05, 4.69) is 5.32 Å². The van der Waals surface area contributed by atoms with Crippen molar-refractivity contribution < 1.29 is 8.42 Å². The number of sulfone groups is 1. The van der Waals surface area contributed by atoms with E-state index in [9.17, 15) is 8.42 Å². The van der Waals surface area contributed by atoms with Gasteiger partial charge >= 0.3 is 0 Å². The van der Waals surface area contributed by atoms with Crippen molar-refractivity contribution in [3.05, 3.63) is 11.1 Å². The summed E-state index contributed by atoms with van der Waals surface area (Å²) in [5.41, 5.74) is 0. The van der Waals surface area contributed by atoms with Crippen molar-refractivity contribution in [3.63, 3.8) is 0 Å². The second-order valence-corrected chi connectivity index (χ2v) is 4.33. The Morgan fingerprint density at radius 1 is 1.67 bits per heavy atom. The molecule has 0 spiro atoms. The fourth-order valence-electron chi connectivity index (χ4n) is 0.531. The van der Waals surface area contributed by atoms with Crippen molar-refractivity contribution in [2.45, 2.75) is 13.3 Å². The first-order valence-corrected chi connectivity index (χ1v) is 5.45. The topological polar surface area (TPSA) is 70.0 Å². The summed E-state index contributed by atoms with van der Waals surface area (Å²) >= 11 is 0. The molecule has 0 rings (SSSR count). The Morgan fingerprint density at radius 3 is 2.58 bits per heavy atom. The Labute approximate surface area is 72.8 Å². The molecule has 0 aromatic rings. The van der Waals surface area contributed by atoms with Crippen LogP contribution in [0.2, 0.25) is 0 Å². The molecule has 12 heavy (non-hydrogen) atoms. The zero-order chi connectivity index (χ0) is 9.61. The van der Waals surface area contributed by atoms with Gasteiger partial charge in [0, 0.05) is 19.0 Å². The maximum absolute atomic E-state index is 10.8. The molecule has 0 aliphatic carbocycles. The van der Waals surface area contributed by atoms with Gasteiger partial charge in [-0.25, -0.2) is 8.42 Å². The lowest BCUT2D eigenvalue weighted by Gasteiger charge is -1.97. The van der Waals surface area contributed by atoms with Gasteiger partial charge in [-0.2, -0.15) is 5.26 Å². The van der Waals surface area contributed by atoms with Crippen LogP contribution >= 0.6 is 0 Å². The fraction of sp³-hybridized carbons (Fsp3) is 0.571. The minimum atomic E-state index is -3.36. The highest BCUT2D eigenvalue weighted by Gasteiger charge is 2.08. The molecule has 0 aromatic heterocycles. The fourth-order valence-corrected chi connectivity index (χ4v) is 0.995. The molecule has 68 valence electrons. The number of hydrogen-bond acceptors (Lipinski definition) is 4.